The van der Waals surface area contributed by atoms with Gasteiger partial charge in [0.25, 0.3) is 0 Å². The molecule has 0 saturated heterocycles. The third kappa shape index (κ3) is 4.30. The van der Waals surface area contributed by atoms with Crippen molar-refractivity contribution >= 4 is 5.96 Å². The standard InChI is InChI=1S/C15H26N4/c1-4-16-15(17-10-9-13-7-8-13)19(3)12-14-6-5-11-18(14)2/h5-6,11,13H,4,7-10,12H2,1-3H3,(H,16,17). The summed E-state index contributed by atoms with van der Waals surface area (Å²) in [6.45, 7) is 4.87. The maximum Gasteiger partial charge on any atom is 0.194 e. The predicted octanol–water partition coefficient (Wildman–Crippen LogP) is 2.22. The molecule has 0 aliphatic heterocycles. The SMILES string of the molecule is CCNC(=NCCC1CC1)N(C)Cc1cccn1C. The maximum absolute atomic E-state index is 4.73. The lowest BCUT2D eigenvalue weighted by molar-refractivity contribution is 0.461. The minimum atomic E-state index is 0.888. The van der Waals surface area contributed by atoms with Crippen molar-refractivity contribution in [3.63, 3.8) is 0 Å². The van der Waals surface area contributed by atoms with Gasteiger partial charge in [0.1, 0.15) is 0 Å². The fourth-order valence-electron chi connectivity index (χ4n) is 2.21. The average Bonchev–Trinajstić information content (AvgIpc) is 3.13. The molecule has 1 fully saturated rings. The van der Waals surface area contributed by atoms with E-state index in [1.54, 1.807) is 0 Å². The van der Waals surface area contributed by atoms with Crippen LogP contribution in [0.1, 0.15) is 31.9 Å². The van der Waals surface area contributed by atoms with E-state index in [1.165, 1.54) is 25.0 Å². The Morgan fingerprint density at radius 2 is 2.32 bits per heavy atom. The monoisotopic (exact) mass is 262 g/mol. The molecule has 1 aliphatic rings. The second kappa shape index (κ2) is 6.64. The highest BCUT2D eigenvalue weighted by molar-refractivity contribution is 5.79. The summed E-state index contributed by atoms with van der Waals surface area (Å²) >= 11 is 0. The van der Waals surface area contributed by atoms with Crippen LogP contribution >= 0.6 is 0 Å². The van der Waals surface area contributed by atoms with E-state index in [0.29, 0.717) is 0 Å². The van der Waals surface area contributed by atoms with Crippen LogP contribution in [0.5, 0.6) is 0 Å². The van der Waals surface area contributed by atoms with Gasteiger partial charge in [-0.3, -0.25) is 4.99 Å². The first-order chi connectivity index (χ1) is 9.20. The number of nitrogens with zero attached hydrogens (tertiary/aromatic N) is 3. The van der Waals surface area contributed by atoms with Crippen LogP contribution in [0.2, 0.25) is 0 Å². The zero-order chi connectivity index (χ0) is 13.7. The van der Waals surface area contributed by atoms with E-state index >= 15 is 0 Å². The Bertz CT molecular complexity index is 418. The van der Waals surface area contributed by atoms with E-state index in [2.05, 4.69) is 54.1 Å². The van der Waals surface area contributed by atoms with E-state index in [-0.39, 0.29) is 0 Å². The van der Waals surface area contributed by atoms with E-state index in [4.69, 9.17) is 4.99 Å². The minimum Gasteiger partial charge on any atom is -0.357 e. The van der Waals surface area contributed by atoms with Gasteiger partial charge in [0.05, 0.1) is 6.54 Å². The third-order valence-corrected chi connectivity index (χ3v) is 3.64. The Morgan fingerprint density at radius 1 is 1.53 bits per heavy atom. The predicted molar refractivity (Wildman–Crippen MR) is 80.2 cm³/mol. The van der Waals surface area contributed by atoms with Crippen LogP contribution in [0.15, 0.2) is 23.3 Å². The quantitative estimate of drug-likeness (QED) is 0.630. The highest BCUT2D eigenvalue weighted by Gasteiger charge is 2.20. The van der Waals surface area contributed by atoms with Crippen LogP contribution in [0.3, 0.4) is 0 Å². The van der Waals surface area contributed by atoms with Gasteiger partial charge in [-0.2, -0.15) is 0 Å². The molecule has 1 aromatic rings. The molecular weight excluding hydrogens is 236 g/mol. The van der Waals surface area contributed by atoms with Crippen molar-refractivity contribution in [2.45, 2.75) is 32.7 Å². The zero-order valence-corrected chi connectivity index (χ0v) is 12.4. The van der Waals surface area contributed by atoms with Gasteiger partial charge in [-0.05, 0) is 31.4 Å². The molecule has 2 rings (SSSR count). The van der Waals surface area contributed by atoms with Crippen molar-refractivity contribution in [2.24, 2.45) is 18.0 Å². The van der Waals surface area contributed by atoms with E-state index in [1.807, 2.05) is 0 Å². The lowest BCUT2D eigenvalue weighted by Crippen LogP contribution is -2.38. The Balaban J connectivity index is 1.90. The summed E-state index contributed by atoms with van der Waals surface area (Å²) in [5.41, 5.74) is 1.30. The van der Waals surface area contributed by atoms with Crippen molar-refractivity contribution < 1.29 is 0 Å². The van der Waals surface area contributed by atoms with Gasteiger partial charge in [-0.15, -0.1) is 0 Å². The molecular formula is C15H26N4. The molecule has 0 unspecified atom stereocenters. The number of aryl methyl sites for hydroxylation is 1. The Hall–Kier alpha value is -1.45. The fraction of sp³-hybridized carbons (Fsp3) is 0.667. The van der Waals surface area contributed by atoms with Crippen LogP contribution in [0.4, 0.5) is 0 Å². The van der Waals surface area contributed by atoms with Crippen molar-refractivity contribution in [1.29, 1.82) is 0 Å². The number of hydrogen-bond donors (Lipinski definition) is 1. The molecule has 1 aromatic heterocycles. The summed E-state index contributed by atoms with van der Waals surface area (Å²) in [5, 5.41) is 3.38. The first-order valence-corrected chi connectivity index (χ1v) is 7.30. The van der Waals surface area contributed by atoms with Crippen LogP contribution in [0, 0.1) is 5.92 Å². The number of nitrogens with one attached hydrogen (secondary N) is 1. The third-order valence-electron chi connectivity index (χ3n) is 3.64. The summed E-state index contributed by atoms with van der Waals surface area (Å²) in [7, 11) is 4.19. The van der Waals surface area contributed by atoms with Gasteiger partial charge in [0, 0.05) is 39.1 Å². The Labute approximate surface area is 116 Å². The number of aliphatic imine (C=N–C) groups is 1. The van der Waals surface area contributed by atoms with Crippen LogP contribution in [-0.4, -0.2) is 35.6 Å². The summed E-state index contributed by atoms with van der Waals surface area (Å²) in [6, 6.07) is 4.24. The number of hydrogen-bond acceptors (Lipinski definition) is 1. The summed E-state index contributed by atoms with van der Waals surface area (Å²) in [6.07, 6.45) is 6.14. The Morgan fingerprint density at radius 3 is 2.89 bits per heavy atom. The smallest absolute Gasteiger partial charge is 0.194 e. The van der Waals surface area contributed by atoms with Gasteiger partial charge in [-0.25, -0.2) is 0 Å². The molecule has 1 heterocycles. The van der Waals surface area contributed by atoms with E-state index in [0.717, 1.165) is 31.5 Å². The van der Waals surface area contributed by atoms with Gasteiger partial charge in [0.15, 0.2) is 5.96 Å². The van der Waals surface area contributed by atoms with Crippen LogP contribution in [0.25, 0.3) is 0 Å². The van der Waals surface area contributed by atoms with Crippen molar-refractivity contribution in [2.75, 3.05) is 20.1 Å². The van der Waals surface area contributed by atoms with Crippen molar-refractivity contribution in [3.05, 3.63) is 24.0 Å². The molecule has 106 valence electrons. The molecule has 0 spiro atoms. The number of guanidine groups is 1. The van der Waals surface area contributed by atoms with Crippen LogP contribution < -0.4 is 5.32 Å². The van der Waals surface area contributed by atoms with Gasteiger partial charge in [-0.1, -0.05) is 12.8 Å². The molecule has 4 heteroatoms. The van der Waals surface area contributed by atoms with Crippen molar-refractivity contribution in [1.82, 2.24) is 14.8 Å². The van der Waals surface area contributed by atoms with E-state index < -0.39 is 0 Å². The normalized spacial score (nSPS) is 15.6. The fourth-order valence-corrected chi connectivity index (χ4v) is 2.21. The molecule has 4 nitrogen and oxygen atoms in total. The minimum absolute atomic E-state index is 0.888. The first-order valence-electron chi connectivity index (χ1n) is 7.30. The van der Waals surface area contributed by atoms with Crippen LogP contribution in [-0.2, 0) is 13.6 Å². The summed E-state index contributed by atoms with van der Waals surface area (Å²) in [5.74, 6) is 1.97. The largest absolute Gasteiger partial charge is 0.357 e. The number of rotatable bonds is 6. The highest BCUT2D eigenvalue weighted by atomic mass is 15.3. The molecule has 0 radical (unpaired) electrons. The molecule has 1 aliphatic carbocycles. The summed E-state index contributed by atoms with van der Waals surface area (Å²) in [4.78, 5) is 6.93. The molecule has 1 N–H and O–H groups in total. The summed E-state index contributed by atoms with van der Waals surface area (Å²) < 4.78 is 2.16. The lowest BCUT2D eigenvalue weighted by Gasteiger charge is -2.22. The van der Waals surface area contributed by atoms with Gasteiger partial charge < -0.3 is 14.8 Å². The molecule has 1 saturated carbocycles. The van der Waals surface area contributed by atoms with E-state index in [9.17, 15) is 0 Å². The molecule has 0 amide bonds. The number of aromatic nitrogens is 1. The first kappa shape index (κ1) is 14.0. The molecule has 19 heavy (non-hydrogen) atoms. The molecule has 0 atom stereocenters. The second-order valence-corrected chi connectivity index (χ2v) is 5.43. The molecule has 0 aromatic carbocycles. The van der Waals surface area contributed by atoms with Gasteiger partial charge >= 0.3 is 0 Å². The topological polar surface area (TPSA) is 32.6 Å². The Kier molecular flexibility index (Phi) is 4.88. The highest BCUT2D eigenvalue weighted by Crippen LogP contribution is 2.32. The molecule has 0 bridgehead atoms. The maximum atomic E-state index is 4.73. The average molecular weight is 262 g/mol. The lowest BCUT2D eigenvalue weighted by atomic mass is 10.3. The van der Waals surface area contributed by atoms with Crippen molar-refractivity contribution in [3.8, 4) is 0 Å². The zero-order valence-electron chi connectivity index (χ0n) is 12.4. The second-order valence-electron chi connectivity index (χ2n) is 5.43. The van der Waals surface area contributed by atoms with Gasteiger partial charge in [0.2, 0.25) is 0 Å².